The lowest BCUT2D eigenvalue weighted by Crippen LogP contribution is -2.25. The maximum atomic E-state index is 11.2. The number of hydrogen-bond donors (Lipinski definition) is 4. The standard InChI is InChI=1S/C10H16O3.C6H8N2O.H4N2.H2O/c1-10(2,3)13-9(12)6-8(11)7-4-5-7;9-6-3-5(7-8-6)4-1-2-4;1-2;/h7H,4-6H2,1-3H3;3-4H,1-2H2,(H2,7,8,9);1-2H2;1H2. The number of aromatic amines is 2. The topological polar surface area (TPSA) is 176 Å². The summed E-state index contributed by atoms with van der Waals surface area (Å²) >= 11 is 0. The number of Topliss-reactive ketones (excluding diaryl/α,β-unsaturated/α-hetero) is 1. The van der Waals surface area contributed by atoms with Crippen molar-refractivity contribution in [2.75, 3.05) is 0 Å². The first-order valence-corrected chi connectivity index (χ1v) is 8.10. The summed E-state index contributed by atoms with van der Waals surface area (Å²) in [5.74, 6) is 8.43. The number of carbonyl (C=O) groups excluding carboxylic acids is 2. The molecule has 1 heterocycles. The first-order chi connectivity index (χ1) is 11.2. The van der Waals surface area contributed by atoms with Crippen molar-refractivity contribution in [3.05, 3.63) is 22.1 Å². The van der Waals surface area contributed by atoms with Gasteiger partial charge in [0.05, 0.1) is 0 Å². The molecule has 3 rings (SSSR count). The van der Waals surface area contributed by atoms with E-state index in [-0.39, 0.29) is 29.2 Å². The fourth-order valence-corrected chi connectivity index (χ4v) is 2.03. The van der Waals surface area contributed by atoms with Crippen molar-refractivity contribution in [2.45, 2.75) is 64.4 Å². The zero-order valence-electron chi connectivity index (χ0n) is 15.1. The number of nitrogens with two attached hydrogens (primary N) is 2. The average molecular weight is 358 g/mol. The number of rotatable bonds is 4. The van der Waals surface area contributed by atoms with Crippen LogP contribution in [0, 0.1) is 5.92 Å². The predicted octanol–water partition coefficient (Wildman–Crippen LogP) is 0.272. The van der Waals surface area contributed by atoms with Crippen molar-refractivity contribution >= 4 is 11.8 Å². The minimum absolute atomic E-state index is 0. The lowest BCUT2D eigenvalue weighted by molar-refractivity contribution is -0.156. The van der Waals surface area contributed by atoms with Crippen LogP contribution in [0.25, 0.3) is 0 Å². The number of ether oxygens (including phenoxy) is 1. The van der Waals surface area contributed by atoms with Gasteiger partial charge in [0.25, 0.3) is 5.56 Å². The van der Waals surface area contributed by atoms with Crippen LogP contribution in [0.1, 0.15) is 64.5 Å². The highest BCUT2D eigenvalue weighted by molar-refractivity contribution is 5.97. The van der Waals surface area contributed by atoms with E-state index in [9.17, 15) is 14.4 Å². The summed E-state index contributed by atoms with van der Waals surface area (Å²) in [6, 6.07) is 1.64. The van der Waals surface area contributed by atoms with Gasteiger partial charge in [-0.15, -0.1) is 0 Å². The molecule has 2 aliphatic rings. The van der Waals surface area contributed by atoms with Crippen LogP contribution in [0.15, 0.2) is 10.9 Å². The van der Waals surface area contributed by atoms with Gasteiger partial charge in [-0.3, -0.25) is 31.2 Å². The quantitative estimate of drug-likeness (QED) is 0.260. The highest BCUT2D eigenvalue weighted by Crippen LogP contribution is 2.38. The summed E-state index contributed by atoms with van der Waals surface area (Å²) < 4.78 is 5.03. The monoisotopic (exact) mass is 358 g/mol. The van der Waals surface area contributed by atoms with Crippen molar-refractivity contribution in [1.82, 2.24) is 10.2 Å². The van der Waals surface area contributed by atoms with E-state index in [1.807, 2.05) is 0 Å². The lowest BCUT2D eigenvalue weighted by Gasteiger charge is -2.19. The maximum absolute atomic E-state index is 11.2. The van der Waals surface area contributed by atoms with Crippen molar-refractivity contribution < 1.29 is 19.8 Å². The molecule has 1 aromatic rings. The minimum atomic E-state index is -0.485. The molecule has 1 aromatic heterocycles. The number of hydrogen-bond acceptors (Lipinski definition) is 6. The van der Waals surface area contributed by atoms with Crippen molar-refractivity contribution in [3.8, 4) is 0 Å². The summed E-state index contributed by atoms with van der Waals surface area (Å²) in [6.07, 6.45) is 4.30. The maximum Gasteiger partial charge on any atom is 0.313 e. The molecule has 2 saturated carbocycles. The third kappa shape index (κ3) is 9.80. The molecule has 144 valence electrons. The van der Waals surface area contributed by atoms with Gasteiger partial charge in [-0.2, -0.15) is 0 Å². The van der Waals surface area contributed by atoms with E-state index in [0.717, 1.165) is 18.5 Å². The zero-order valence-corrected chi connectivity index (χ0v) is 15.1. The Labute approximate surface area is 146 Å². The fraction of sp³-hybridized carbons (Fsp3) is 0.688. The van der Waals surface area contributed by atoms with Gasteiger partial charge in [0.1, 0.15) is 17.8 Å². The second-order valence-electron chi connectivity index (χ2n) is 6.99. The Morgan fingerprint density at radius 2 is 1.72 bits per heavy atom. The van der Waals surface area contributed by atoms with Gasteiger partial charge in [-0.05, 0) is 46.5 Å². The summed E-state index contributed by atoms with van der Waals surface area (Å²) in [4.78, 5) is 32.9. The highest BCUT2D eigenvalue weighted by atomic mass is 16.6. The number of aromatic nitrogens is 2. The van der Waals surface area contributed by atoms with E-state index in [1.165, 1.54) is 12.8 Å². The first-order valence-electron chi connectivity index (χ1n) is 8.10. The molecule has 0 saturated heterocycles. The molecule has 8 N–H and O–H groups in total. The molecule has 0 aliphatic heterocycles. The van der Waals surface area contributed by atoms with E-state index < -0.39 is 11.6 Å². The molecule has 0 bridgehead atoms. The molecule has 9 heteroatoms. The van der Waals surface area contributed by atoms with Crippen LogP contribution in [0.2, 0.25) is 0 Å². The second kappa shape index (κ2) is 10.1. The second-order valence-corrected chi connectivity index (χ2v) is 6.99. The highest BCUT2D eigenvalue weighted by Gasteiger charge is 2.31. The van der Waals surface area contributed by atoms with E-state index >= 15 is 0 Å². The van der Waals surface area contributed by atoms with Gasteiger partial charge < -0.3 is 15.3 Å². The molecule has 9 nitrogen and oxygen atoms in total. The number of esters is 1. The molecule has 0 aromatic carbocycles. The third-order valence-electron chi connectivity index (χ3n) is 3.41. The van der Waals surface area contributed by atoms with Crippen LogP contribution < -0.4 is 17.2 Å². The molecule has 0 atom stereocenters. The van der Waals surface area contributed by atoms with Crippen LogP contribution >= 0.6 is 0 Å². The van der Waals surface area contributed by atoms with E-state index in [4.69, 9.17) is 4.74 Å². The number of H-pyrrole nitrogens is 2. The van der Waals surface area contributed by atoms with Crippen LogP contribution in [0.3, 0.4) is 0 Å². The fourth-order valence-electron chi connectivity index (χ4n) is 2.03. The molecule has 25 heavy (non-hydrogen) atoms. The number of nitrogens with one attached hydrogen (secondary N) is 2. The minimum Gasteiger partial charge on any atom is -0.460 e. The van der Waals surface area contributed by atoms with Gasteiger partial charge in [0, 0.05) is 23.6 Å². The Hall–Kier alpha value is -1.97. The Morgan fingerprint density at radius 3 is 2.08 bits per heavy atom. The van der Waals surface area contributed by atoms with E-state index in [0.29, 0.717) is 5.92 Å². The van der Waals surface area contributed by atoms with Crippen molar-refractivity contribution in [2.24, 2.45) is 17.6 Å². The summed E-state index contributed by atoms with van der Waals surface area (Å²) in [6.45, 7) is 5.39. The van der Waals surface area contributed by atoms with Gasteiger partial charge in [0.15, 0.2) is 0 Å². The van der Waals surface area contributed by atoms with Crippen molar-refractivity contribution in [3.63, 3.8) is 0 Å². The smallest absolute Gasteiger partial charge is 0.313 e. The normalized spacial score (nSPS) is 15.6. The molecule has 2 aliphatic carbocycles. The summed E-state index contributed by atoms with van der Waals surface area (Å²) in [7, 11) is 0. The van der Waals surface area contributed by atoms with E-state index in [1.54, 1.807) is 26.8 Å². The Bertz CT molecular complexity index is 594. The van der Waals surface area contributed by atoms with Crippen LogP contribution in [-0.2, 0) is 14.3 Å². The third-order valence-corrected chi connectivity index (χ3v) is 3.41. The molecule has 2 fully saturated rings. The zero-order chi connectivity index (χ0) is 18.3. The molecular weight excluding hydrogens is 328 g/mol. The Balaban J connectivity index is 0.000000420. The molecule has 0 amide bonds. The van der Waals surface area contributed by atoms with Crippen LogP contribution in [-0.4, -0.2) is 33.0 Å². The summed E-state index contributed by atoms with van der Waals surface area (Å²) in [5.41, 5.74) is 0.567. The molecule has 0 spiro atoms. The van der Waals surface area contributed by atoms with Gasteiger partial charge in [-0.1, -0.05) is 0 Å². The van der Waals surface area contributed by atoms with Crippen molar-refractivity contribution in [1.29, 1.82) is 0 Å². The first kappa shape index (κ1) is 23.0. The van der Waals surface area contributed by atoms with Gasteiger partial charge in [-0.25, -0.2) is 0 Å². The Morgan fingerprint density at radius 1 is 1.16 bits per heavy atom. The SMILES string of the molecule is CC(C)(C)OC(=O)CC(=O)C1CC1.NN.O.O=c1cc(C2CC2)[nH][nH]1. The number of carbonyl (C=O) groups is 2. The van der Waals surface area contributed by atoms with Gasteiger partial charge in [0.2, 0.25) is 0 Å². The van der Waals surface area contributed by atoms with Crippen LogP contribution in [0.5, 0.6) is 0 Å². The largest absolute Gasteiger partial charge is 0.460 e. The molecule has 0 radical (unpaired) electrons. The Kier molecular flexibility index (Phi) is 9.32. The lowest BCUT2D eigenvalue weighted by atomic mass is 10.1. The molecular formula is C16H30N4O5. The molecule has 0 unspecified atom stereocenters. The van der Waals surface area contributed by atoms with E-state index in [2.05, 4.69) is 21.9 Å². The number of ketones is 1. The average Bonchev–Trinajstić information content (AvgIpc) is 3.38. The predicted molar refractivity (Wildman–Crippen MR) is 93.6 cm³/mol. The summed E-state index contributed by atoms with van der Waals surface area (Å²) in [5, 5.41) is 5.34. The van der Waals surface area contributed by atoms with Crippen LogP contribution in [0.4, 0.5) is 0 Å². The van der Waals surface area contributed by atoms with Gasteiger partial charge >= 0.3 is 5.97 Å². The number of hydrazine groups is 1.